The van der Waals surface area contributed by atoms with Crippen molar-refractivity contribution in [3.05, 3.63) is 66.1 Å². The van der Waals surface area contributed by atoms with Gasteiger partial charge in [-0.3, -0.25) is 4.79 Å². The number of carboxylic acid groups (broad SMARTS) is 1. The summed E-state index contributed by atoms with van der Waals surface area (Å²) in [6.45, 7) is 3.67. The van der Waals surface area contributed by atoms with Crippen LogP contribution in [0.3, 0.4) is 0 Å². The molecule has 0 saturated heterocycles. The van der Waals surface area contributed by atoms with Crippen molar-refractivity contribution < 1.29 is 19.1 Å². The van der Waals surface area contributed by atoms with E-state index in [0.717, 1.165) is 0 Å². The molecule has 4 heteroatoms. The predicted octanol–water partition coefficient (Wildman–Crippen LogP) is 2.87. The zero-order valence-corrected chi connectivity index (χ0v) is 9.42. The Morgan fingerprint density at radius 1 is 1.06 bits per heavy atom. The van der Waals surface area contributed by atoms with Gasteiger partial charge in [0.15, 0.2) is 5.78 Å². The molecule has 0 spiro atoms. The average molecular weight is 242 g/mol. The minimum atomic E-state index is -1.03. The number of carboxylic acids is 1. The van der Waals surface area contributed by atoms with Gasteiger partial charge >= 0.3 is 5.97 Å². The van der Waals surface area contributed by atoms with Gasteiger partial charge in [-0.05, 0) is 24.3 Å². The first-order valence-corrected chi connectivity index (χ1v) is 5.20. The van der Waals surface area contributed by atoms with E-state index in [2.05, 4.69) is 6.58 Å². The number of furan rings is 1. The van der Waals surface area contributed by atoms with Crippen LogP contribution in [0.25, 0.3) is 5.57 Å². The van der Waals surface area contributed by atoms with Crippen molar-refractivity contribution in [2.24, 2.45) is 0 Å². The molecule has 0 aliphatic carbocycles. The van der Waals surface area contributed by atoms with Gasteiger partial charge in [0.05, 0.1) is 17.4 Å². The maximum absolute atomic E-state index is 12.0. The summed E-state index contributed by atoms with van der Waals surface area (Å²) in [5.41, 5.74) is 0.750. The van der Waals surface area contributed by atoms with Crippen LogP contribution < -0.4 is 0 Å². The Hall–Kier alpha value is -2.62. The van der Waals surface area contributed by atoms with Crippen molar-refractivity contribution in [1.29, 1.82) is 0 Å². The Labute approximate surface area is 103 Å². The van der Waals surface area contributed by atoms with E-state index in [1.54, 1.807) is 12.1 Å². The Morgan fingerprint density at radius 2 is 1.67 bits per heavy atom. The number of aromatic carboxylic acids is 1. The van der Waals surface area contributed by atoms with Crippen LogP contribution in [0.15, 0.2) is 53.7 Å². The highest BCUT2D eigenvalue weighted by atomic mass is 16.4. The molecular weight excluding hydrogens is 232 g/mol. The van der Waals surface area contributed by atoms with E-state index in [-0.39, 0.29) is 16.9 Å². The molecule has 2 aromatic rings. The zero-order chi connectivity index (χ0) is 13.1. The van der Waals surface area contributed by atoms with Crippen molar-refractivity contribution in [1.82, 2.24) is 0 Å². The first-order chi connectivity index (χ1) is 8.59. The van der Waals surface area contributed by atoms with Crippen LogP contribution in [0.5, 0.6) is 0 Å². The van der Waals surface area contributed by atoms with Crippen LogP contribution in [0, 0.1) is 0 Å². The van der Waals surface area contributed by atoms with Gasteiger partial charge in [-0.25, -0.2) is 4.79 Å². The Bertz CT molecular complexity index is 591. The molecule has 0 fully saturated rings. The summed E-state index contributed by atoms with van der Waals surface area (Å²) in [6.07, 6.45) is 1.46. The molecule has 0 aliphatic rings. The third kappa shape index (κ3) is 2.22. The molecule has 18 heavy (non-hydrogen) atoms. The SMILES string of the molecule is C=C(C(=O)c1ccc(C(=O)O)cc1)c1ccco1. The predicted molar refractivity (Wildman–Crippen MR) is 65.5 cm³/mol. The lowest BCUT2D eigenvalue weighted by molar-refractivity contribution is 0.0696. The van der Waals surface area contributed by atoms with Gasteiger partial charge in [0, 0.05) is 5.56 Å². The van der Waals surface area contributed by atoms with Gasteiger partial charge in [-0.2, -0.15) is 0 Å². The Balaban J connectivity index is 2.24. The van der Waals surface area contributed by atoms with Gasteiger partial charge in [0.1, 0.15) is 5.76 Å². The van der Waals surface area contributed by atoms with Crippen LogP contribution >= 0.6 is 0 Å². The number of allylic oxidation sites excluding steroid dienone is 1. The molecule has 0 unspecified atom stereocenters. The number of carbonyl (C=O) groups is 2. The normalized spacial score (nSPS) is 10.0. The van der Waals surface area contributed by atoms with E-state index in [1.807, 2.05) is 0 Å². The van der Waals surface area contributed by atoms with Crippen LogP contribution in [0.4, 0.5) is 0 Å². The molecule has 1 aromatic heterocycles. The van der Waals surface area contributed by atoms with E-state index in [1.165, 1.54) is 30.5 Å². The van der Waals surface area contributed by atoms with Crippen LogP contribution in [0.1, 0.15) is 26.5 Å². The molecule has 1 aromatic carbocycles. The molecule has 0 aliphatic heterocycles. The summed E-state index contributed by atoms with van der Waals surface area (Å²) in [7, 11) is 0. The van der Waals surface area contributed by atoms with E-state index in [9.17, 15) is 9.59 Å². The molecule has 0 amide bonds. The molecule has 0 bridgehead atoms. The molecule has 0 atom stereocenters. The molecule has 2 rings (SSSR count). The van der Waals surface area contributed by atoms with E-state index >= 15 is 0 Å². The number of ketones is 1. The number of hydrogen-bond acceptors (Lipinski definition) is 3. The molecule has 4 nitrogen and oxygen atoms in total. The monoisotopic (exact) mass is 242 g/mol. The fourth-order valence-corrected chi connectivity index (χ4v) is 1.50. The first-order valence-electron chi connectivity index (χ1n) is 5.20. The third-order valence-electron chi connectivity index (χ3n) is 2.49. The number of rotatable bonds is 4. The average Bonchev–Trinajstić information content (AvgIpc) is 2.91. The fraction of sp³-hybridized carbons (Fsp3) is 0. The van der Waals surface area contributed by atoms with Crippen molar-refractivity contribution in [2.45, 2.75) is 0 Å². The van der Waals surface area contributed by atoms with Crippen LogP contribution in [0.2, 0.25) is 0 Å². The van der Waals surface area contributed by atoms with E-state index < -0.39 is 5.97 Å². The van der Waals surface area contributed by atoms with E-state index in [0.29, 0.717) is 11.3 Å². The standard InChI is InChI=1S/C14H10O4/c1-9(12-3-2-8-18-12)13(15)10-4-6-11(7-5-10)14(16)17/h2-8H,1H2,(H,16,17). The molecule has 0 saturated carbocycles. The summed E-state index contributed by atoms with van der Waals surface area (Å²) in [5, 5.41) is 8.76. The Morgan fingerprint density at radius 3 is 2.17 bits per heavy atom. The topological polar surface area (TPSA) is 67.5 Å². The highest BCUT2D eigenvalue weighted by Gasteiger charge is 2.14. The smallest absolute Gasteiger partial charge is 0.335 e. The van der Waals surface area contributed by atoms with Gasteiger partial charge in [-0.1, -0.05) is 18.7 Å². The summed E-state index contributed by atoms with van der Waals surface area (Å²) in [4.78, 5) is 22.7. The van der Waals surface area contributed by atoms with Gasteiger partial charge in [-0.15, -0.1) is 0 Å². The van der Waals surface area contributed by atoms with Crippen molar-refractivity contribution in [3.63, 3.8) is 0 Å². The van der Waals surface area contributed by atoms with Gasteiger partial charge in [0.25, 0.3) is 0 Å². The Kier molecular flexibility index (Phi) is 3.10. The number of hydrogen-bond donors (Lipinski definition) is 1. The second kappa shape index (κ2) is 4.71. The van der Waals surface area contributed by atoms with Crippen molar-refractivity contribution in [2.75, 3.05) is 0 Å². The highest BCUT2D eigenvalue weighted by Crippen LogP contribution is 2.18. The molecule has 0 radical (unpaired) electrons. The zero-order valence-electron chi connectivity index (χ0n) is 9.42. The van der Waals surface area contributed by atoms with E-state index in [4.69, 9.17) is 9.52 Å². The molecule has 90 valence electrons. The van der Waals surface area contributed by atoms with Crippen molar-refractivity contribution >= 4 is 17.3 Å². The summed E-state index contributed by atoms with van der Waals surface area (Å²) < 4.78 is 5.09. The minimum Gasteiger partial charge on any atom is -0.478 e. The highest BCUT2D eigenvalue weighted by molar-refractivity contribution is 6.27. The minimum absolute atomic E-state index is 0.134. The fourth-order valence-electron chi connectivity index (χ4n) is 1.50. The summed E-state index contributed by atoms with van der Waals surface area (Å²) in [5.74, 6) is -0.914. The third-order valence-corrected chi connectivity index (χ3v) is 2.49. The molecular formula is C14H10O4. The molecule has 1 N–H and O–H groups in total. The van der Waals surface area contributed by atoms with Gasteiger partial charge in [0.2, 0.25) is 0 Å². The lowest BCUT2D eigenvalue weighted by Gasteiger charge is -2.02. The maximum atomic E-state index is 12.0. The number of Topliss-reactive ketones (excluding diaryl/α,β-unsaturated/α-hetero) is 1. The second-order valence-electron chi connectivity index (χ2n) is 3.67. The quantitative estimate of drug-likeness (QED) is 0.661. The van der Waals surface area contributed by atoms with Crippen molar-refractivity contribution in [3.8, 4) is 0 Å². The molecule has 1 heterocycles. The lowest BCUT2D eigenvalue weighted by atomic mass is 10.0. The first kappa shape index (κ1) is 11.9. The second-order valence-corrected chi connectivity index (χ2v) is 3.67. The number of carbonyl (C=O) groups excluding carboxylic acids is 1. The summed E-state index contributed by atoms with van der Waals surface area (Å²) >= 11 is 0. The van der Waals surface area contributed by atoms with Crippen LogP contribution in [-0.2, 0) is 0 Å². The van der Waals surface area contributed by atoms with Crippen LogP contribution in [-0.4, -0.2) is 16.9 Å². The number of benzene rings is 1. The lowest BCUT2D eigenvalue weighted by Crippen LogP contribution is -2.02. The maximum Gasteiger partial charge on any atom is 0.335 e. The summed E-state index contributed by atoms with van der Waals surface area (Å²) in [6, 6.07) is 8.99. The largest absolute Gasteiger partial charge is 0.478 e. The van der Waals surface area contributed by atoms with Gasteiger partial charge < -0.3 is 9.52 Å².